The lowest BCUT2D eigenvalue weighted by molar-refractivity contribution is -0.0750. The zero-order valence-electron chi connectivity index (χ0n) is 11.9. The highest BCUT2D eigenvalue weighted by Crippen LogP contribution is 2.30. The minimum atomic E-state index is -0.457. The number of ketones is 1. The van der Waals surface area contributed by atoms with Crippen molar-refractivity contribution >= 4 is 11.5 Å². The topological polar surface area (TPSA) is 29.5 Å². The number of nitrogens with zero attached hydrogens (tertiary/aromatic N) is 1. The van der Waals surface area contributed by atoms with Gasteiger partial charge in [-0.1, -0.05) is 6.07 Å². The molecule has 1 aromatic rings. The molecule has 0 saturated carbocycles. The number of benzene rings is 1. The Bertz CT molecular complexity index is 499. The van der Waals surface area contributed by atoms with Crippen molar-refractivity contribution in [3.63, 3.8) is 0 Å². The average Bonchev–Trinajstić information content (AvgIpc) is 2.25. The van der Waals surface area contributed by atoms with Gasteiger partial charge in [0, 0.05) is 13.1 Å². The number of morpholine rings is 1. The number of rotatable bonds is 2. The summed E-state index contributed by atoms with van der Waals surface area (Å²) in [4.78, 5) is 13.7. The van der Waals surface area contributed by atoms with Gasteiger partial charge < -0.3 is 9.64 Å². The van der Waals surface area contributed by atoms with E-state index in [9.17, 15) is 9.18 Å². The van der Waals surface area contributed by atoms with Crippen LogP contribution in [0.2, 0.25) is 0 Å². The summed E-state index contributed by atoms with van der Waals surface area (Å²) in [5.74, 6) is -0.702. The van der Waals surface area contributed by atoms with E-state index >= 15 is 0 Å². The zero-order valence-corrected chi connectivity index (χ0v) is 11.9. The van der Waals surface area contributed by atoms with Crippen LogP contribution in [0, 0.1) is 5.82 Å². The predicted octanol–water partition coefficient (Wildman–Crippen LogP) is 3.03. The Morgan fingerprint density at radius 1 is 1.47 bits per heavy atom. The van der Waals surface area contributed by atoms with Crippen LogP contribution in [-0.2, 0) is 4.74 Å². The Labute approximate surface area is 113 Å². The fraction of sp³-hybridized carbons (Fsp3) is 0.533. The van der Waals surface area contributed by atoms with Gasteiger partial charge in [0.2, 0.25) is 0 Å². The largest absolute Gasteiger partial charge is 0.369 e. The van der Waals surface area contributed by atoms with E-state index in [1.165, 1.54) is 13.0 Å². The minimum absolute atomic E-state index is 0.0480. The van der Waals surface area contributed by atoms with E-state index in [4.69, 9.17) is 4.74 Å². The quantitative estimate of drug-likeness (QED) is 0.770. The van der Waals surface area contributed by atoms with Crippen molar-refractivity contribution in [3.8, 4) is 0 Å². The summed E-state index contributed by atoms with van der Waals surface area (Å²) >= 11 is 0. The summed E-state index contributed by atoms with van der Waals surface area (Å²) in [5.41, 5.74) is 0.529. The maximum absolute atomic E-state index is 13.9. The second-order valence-electron chi connectivity index (χ2n) is 5.76. The van der Waals surface area contributed by atoms with Crippen LogP contribution in [0.3, 0.4) is 0 Å². The fourth-order valence-corrected chi connectivity index (χ4v) is 2.76. The van der Waals surface area contributed by atoms with E-state index in [2.05, 4.69) is 0 Å². The first-order valence-corrected chi connectivity index (χ1v) is 6.52. The molecule has 19 heavy (non-hydrogen) atoms. The molecule has 1 aliphatic heterocycles. The molecule has 1 heterocycles. The Morgan fingerprint density at radius 3 is 2.74 bits per heavy atom. The molecule has 0 radical (unpaired) electrons. The first kappa shape index (κ1) is 14.0. The smallest absolute Gasteiger partial charge is 0.164 e. The molecule has 1 aromatic carbocycles. The van der Waals surface area contributed by atoms with E-state index in [1.54, 1.807) is 12.1 Å². The molecular weight excluding hydrogens is 245 g/mol. The molecule has 3 nitrogen and oxygen atoms in total. The number of Topliss-reactive ketones (excluding diaryl/α,β-unsaturated/α-hetero) is 1. The van der Waals surface area contributed by atoms with Crippen LogP contribution in [0.25, 0.3) is 0 Å². The van der Waals surface area contributed by atoms with Gasteiger partial charge in [-0.25, -0.2) is 4.39 Å². The first-order valence-electron chi connectivity index (χ1n) is 6.52. The Kier molecular flexibility index (Phi) is 3.63. The van der Waals surface area contributed by atoms with E-state index in [0.717, 1.165) is 0 Å². The van der Waals surface area contributed by atoms with Gasteiger partial charge in [-0.05, 0) is 39.8 Å². The monoisotopic (exact) mass is 265 g/mol. The number of anilines is 1. The summed E-state index contributed by atoms with van der Waals surface area (Å²) in [7, 11) is 0. The first-order chi connectivity index (χ1) is 8.80. The Hall–Kier alpha value is -1.42. The second-order valence-corrected chi connectivity index (χ2v) is 5.76. The number of halogens is 1. The van der Waals surface area contributed by atoms with Crippen molar-refractivity contribution < 1.29 is 13.9 Å². The van der Waals surface area contributed by atoms with Gasteiger partial charge in [0.25, 0.3) is 0 Å². The summed E-state index contributed by atoms with van der Waals surface area (Å²) in [5, 5.41) is 0. The van der Waals surface area contributed by atoms with Crippen LogP contribution in [-0.4, -0.2) is 30.6 Å². The normalized spacial score (nSPS) is 22.4. The maximum Gasteiger partial charge on any atom is 0.164 e. The van der Waals surface area contributed by atoms with E-state index in [-0.39, 0.29) is 23.1 Å². The highest BCUT2D eigenvalue weighted by atomic mass is 19.1. The van der Waals surface area contributed by atoms with Gasteiger partial charge in [-0.2, -0.15) is 0 Å². The van der Waals surface area contributed by atoms with Crippen LogP contribution in [0.15, 0.2) is 18.2 Å². The summed E-state index contributed by atoms with van der Waals surface area (Å²) in [6, 6.07) is 4.77. The van der Waals surface area contributed by atoms with E-state index < -0.39 is 5.82 Å². The highest BCUT2D eigenvalue weighted by Gasteiger charge is 2.33. The molecule has 0 bridgehead atoms. The fourth-order valence-electron chi connectivity index (χ4n) is 2.76. The third kappa shape index (κ3) is 2.95. The molecular formula is C15H20FNO2. The van der Waals surface area contributed by atoms with Crippen LogP contribution < -0.4 is 4.90 Å². The molecule has 0 aliphatic carbocycles. The van der Waals surface area contributed by atoms with Gasteiger partial charge in [0.15, 0.2) is 5.78 Å². The number of ether oxygens (including phenoxy) is 1. The average molecular weight is 265 g/mol. The lowest BCUT2D eigenvalue weighted by Crippen LogP contribution is -2.52. The lowest BCUT2D eigenvalue weighted by Gasteiger charge is -2.43. The highest BCUT2D eigenvalue weighted by molar-refractivity contribution is 6.00. The molecule has 2 rings (SSSR count). The van der Waals surface area contributed by atoms with Crippen LogP contribution in [0.4, 0.5) is 10.1 Å². The standard InChI is InChI=1S/C15H20FNO2/c1-10-8-17(9-15(3,4)19-10)13-7-5-6-12(16)14(13)11(2)18/h5-7,10H,8-9H2,1-4H3. The lowest BCUT2D eigenvalue weighted by atomic mass is 10.0. The third-order valence-electron chi connectivity index (χ3n) is 3.25. The maximum atomic E-state index is 13.9. The molecule has 1 aliphatic rings. The van der Waals surface area contributed by atoms with E-state index in [1.807, 2.05) is 25.7 Å². The Morgan fingerprint density at radius 2 is 2.16 bits per heavy atom. The molecule has 0 spiro atoms. The van der Waals surface area contributed by atoms with Crippen LogP contribution >= 0.6 is 0 Å². The molecule has 1 saturated heterocycles. The molecule has 1 unspecified atom stereocenters. The molecule has 0 amide bonds. The SMILES string of the molecule is CC(=O)c1c(F)cccc1N1CC(C)OC(C)(C)C1. The van der Waals surface area contributed by atoms with E-state index in [0.29, 0.717) is 18.8 Å². The number of carbonyl (C=O) groups excluding carboxylic acids is 1. The molecule has 1 atom stereocenters. The Balaban J connectivity index is 2.41. The van der Waals surface area contributed by atoms with Crippen molar-refractivity contribution in [2.45, 2.75) is 39.4 Å². The third-order valence-corrected chi connectivity index (χ3v) is 3.25. The molecule has 1 fully saturated rings. The summed E-state index contributed by atoms with van der Waals surface area (Å²) in [6.07, 6.45) is 0.0480. The second kappa shape index (κ2) is 4.93. The van der Waals surface area contributed by atoms with Gasteiger partial charge in [-0.15, -0.1) is 0 Å². The molecule has 104 valence electrons. The van der Waals surface area contributed by atoms with Crippen molar-refractivity contribution in [3.05, 3.63) is 29.6 Å². The molecule has 4 heteroatoms. The van der Waals surface area contributed by atoms with Gasteiger partial charge in [-0.3, -0.25) is 4.79 Å². The number of hydrogen-bond donors (Lipinski definition) is 0. The van der Waals surface area contributed by atoms with Crippen molar-refractivity contribution in [1.82, 2.24) is 0 Å². The zero-order chi connectivity index (χ0) is 14.2. The summed E-state index contributed by atoms with van der Waals surface area (Å²) in [6.45, 7) is 8.69. The van der Waals surface area contributed by atoms with Crippen molar-refractivity contribution in [2.24, 2.45) is 0 Å². The summed E-state index contributed by atoms with van der Waals surface area (Å²) < 4.78 is 19.7. The molecule has 0 aromatic heterocycles. The number of carbonyl (C=O) groups is 1. The van der Waals surface area contributed by atoms with Crippen molar-refractivity contribution in [2.75, 3.05) is 18.0 Å². The predicted molar refractivity (Wildman–Crippen MR) is 73.2 cm³/mol. The van der Waals surface area contributed by atoms with Gasteiger partial charge in [0.05, 0.1) is 23.0 Å². The van der Waals surface area contributed by atoms with Crippen molar-refractivity contribution in [1.29, 1.82) is 0 Å². The van der Waals surface area contributed by atoms with Crippen LogP contribution in [0.1, 0.15) is 38.1 Å². The van der Waals surface area contributed by atoms with Gasteiger partial charge in [0.1, 0.15) is 5.82 Å². The van der Waals surface area contributed by atoms with Crippen LogP contribution in [0.5, 0.6) is 0 Å². The minimum Gasteiger partial charge on any atom is -0.369 e. The number of hydrogen-bond acceptors (Lipinski definition) is 3. The molecule has 0 N–H and O–H groups in total. The van der Waals surface area contributed by atoms with Gasteiger partial charge >= 0.3 is 0 Å².